The van der Waals surface area contributed by atoms with E-state index in [1.165, 1.54) is 0 Å². The van der Waals surface area contributed by atoms with E-state index in [4.69, 9.17) is 5.11 Å². The molecule has 1 rings (SSSR count). The predicted octanol–water partition coefficient (Wildman–Crippen LogP) is 2.16. The lowest BCUT2D eigenvalue weighted by Crippen LogP contribution is -2.26. The summed E-state index contributed by atoms with van der Waals surface area (Å²) in [5, 5.41) is 11.5. The molecule has 1 aromatic rings. The van der Waals surface area contributed by atoms with Crippen LogP contribution in [0.4, 0.5) is 0 Å². The standard InChI is InChI=1S/C12H19BrN2O2/c1-2-15-9-10(13)8-11(15)12(17)14-6-4-3-5-7-16/h8-9,16H,2-7H2,1H3,(H,14,17). The van der Waals surface area contributed by atoms with Gasteiger partial charge in [0.2, 0.25) is 0 Å². The van der Waals surface area contributed by atoms with Gasteiger partial charge in [-0.2, -0.15) is 0 Å². The second kappa shape index (κ2) is 7.50. The number of aliphatic hydroxyl groups excluding tert-OH is 1. The third-order valence-electron chi connectivity index (χ3n) is 2.56. The van der Waals surface area contributed by atoms with Crippen LogP contribution in [0.2, 0.25) is 0 Å². The van der Waals surface area contributed by atoms with Gasteiger partial charge in [-0.1, -0.05) is 0 Å². The monoisotopic (exact) mass is 302 g/mol. The molecule has 1 heterocycles. The quantitative estimate of drug-likeness (QED) is 0.759. The molecule has 0 atom stereocenters. The van der Waals surface area contributed by atoms with Crippen molar-refractivity contribution in [3.8, 4) is 0 Å². The molecule has 0 aliphatic heterocycles. The van der Waals surface area contributed by atoms with E-state index in [1.807, 2.05) is 23.8 Å². The van der Waals surface area contributed by atoms with Crippen LogP contribution in [0.1, 0.15) is 36.7 Å². The van der Waals surface area contributed by atoms with Crippen LogP contribution in [0, 0.1) is 0 Å². The normalized spacial score (nSPS) is 10.5. The number of carbonyl (C=O) groups is 1. The minimum Gasteiger partial charge on any atom is -0.396 e. The summed E-state index contributed by atoms with van der Waals surface area (Å²) in [4.78, 5) is 11.9. The van der Waals surface area contributed by atoms with Gasteiger partial charge in [-0.15, -0.1) is 0 Å². The zero-order valence-corrected chi connectivity index (χ0v) is 11.7. The lowest BCUT2D eigenvalue weighted by Gasteiger charge is -2.07. The Hall–Kier alpha value is -0.810. The molecular formula is C12H19BrN2O2. The van der Waals surface area contributed by atoms with Gasteiger partial charge in [0.15, 0.2) is 0 Å². The minimum absolute atomic E-state index is 0.0402. The molecule has 0 radical (unpaired) electrons. The molecule has 0 bridgehead atoms. The van der Waals surface area contributed by atoms with Crippen LogP contribution in [0.15, 0.2) is 16.7 Å². The van der Waals surface area contributed by atoms with Crippen molar-refractivity contribution < 1.29 is 9.90 Å². The lowest BCUT2D eigenvalue weighted by molar-refractivity contribution is 0.0943. The van der Waals surface area contributed by atoms with E-state index in [0.29, 0.717) is 12.2 Å². The van der Waals surface area contributed by atoms with Crippen LogP contribution >= 0.6 is 15.9 Å². The summed E-state index contributed by atoms with van der Waals surface area (Å²) in [6, 6.07) is 1.83. The fourth-order valence-electron chi connectivity index (χ4n) is 1.63. The summed E-state index contributed by atoms with van der Waals surface area (Å²) in [6.07, 6.45) is 4.54. The summed E-state index contributed by atoms with van der Waals surface area (Å²) >= 11 is 3.37. The zero-order chi connectivity index (χ0) is 12.7. The summed E-state index contributed by atoms with van der Waals surface area (Å²) in [7, 11) is 0. The molecule has 0 unspecified atom stereocenters. The molecule has 0 spiro atoms. The number of hydrogen-bond acceptors (Lipinski definition) is 2. The van der Waals surface area contributed by atoms with Crippen LogP contribution < -0.4 is 5.32 Å². The van der Waals surface area contributed by atoms with Crippen molar-refractivity contribution >= 4 is 21.8 Å². The second-order valence-corrected chi connectivity index (χ2v) is 4.79. The Labute approximate surface area is 110 Å². The lowest BCUT2D eigenvalue weighted by atomic mass is 10.2. The highest BCUT2D eigenvalue weighted by Crippen LogP contribution is 2.14. The highest BCUT2D eigenvalue weighted by Gasteiger charge is 2.11. The molecule has 0 saturated carbocycles. The molecular weight excluding hydrogens is 284 g/mol. The van der Waals surface area contributed by atoms with Crippen LogP contribution in [0.25, 0.3) is 0 Å². The molecule has 4 nitrogen and oxygen atoms in total. The van der Waals surface area contributed by atoms with Crippen molar-refractivity contribution in [3.63, 3.8) is 0 Å². The van der Waals surface area contributed by atoms with Gasteiger partial charge in [0.05, 0.1) is 0 Å². The molecule has 0 saturated heterocycles. The third kappa shape index (κ3) is 4.52. The Kier molecular flexibility index (Phi) is 6.29. The van der Waals surface area contributed by atoms with Crippen molar-refractivity contribution in [2.75, 3.05) is 13.2 Å². The van der Waals surface area contributed by atoms with Crippen molar-refractivity contribution in [3.05, 3.63) is 22.4 Å². The van der Waals surface area contributed by atoms with Gasteiger partial charge in [0, 0.05) is 30.4 Å². The number of nitrogens with one attached hydrogen (secondary N) is 1. The molecule has 0 aliphatic rings. The first-order chi connectivity index (χ1) is 8.19. The number of hydrogen-bond donors (Lipinski definition) is 2. The molecule has 0 aromatic carbocycles. The Bertz CT molecular complexity index is 363. The van der Waals surface area contributed by atoms with E-state index in [9.17, 15) is 4.79 Å². The highest BCUT2D eigenvalue weighted by molar-refractivity contribution is 9.10. The Balaban J connectivity index is 2.41. The van der Waals surface area contributed by atoms with Gasteiger partial charge in [-0.05, 0) is 48.2 Å². The largest absolute Gasteiger partial charge is 0.396 e. The number of carbonyl (C=O) groups excluding carboxylic acids is 1. The number of aliphatic hydroxyl groups is 1. The Morgan fingerprint density at radius 1 is 1.47 bits per heavy atom. The first kappa shape index (κ1) is 14.3. The average molecular weight is 303 g/mol. The van der Waals surface area contributed by atoms with E-state index >= 15 is 0 Å². The van der Waals surface area contributed by atoms with Crippen molar-refractivity contribution in [2.45, 2.75) is 32.7 Å². The van der Waals surface area contributed by atoms with Gasteiger partial charge in [-0.3, -0.25) is 4.79 Å². The number of amides is 1. The van der Waals surface area contributed by atoms with Crippen LogP contribution in [0.3, 0.4) is 0 Å². The highest BCUT2D eigenvalue weighted by atomic mass is 79.9. The van der Waals surface area contributed by atoms with Crippen LogP contribution in [-0.4, -0.2) is 28.7 Å². The molecule has 1 amide bonds. The number of unbranched alkanes of at least 4 members (excludes halogenated alkanes) is 2. The Morgan fingerprint density at radius 3 is 2.88 bits per heavy atom. The van der Waals surface area contributed by atoms with Crippen molar-refractivity contribution in [1.29, 1.82) is 0 Å². The number of rotatable bonds is 7. The third-order valence-corrected chi connectivity index (χ3v) is 2.99. The van der Waals surface area contributed by atoms with E-state index in [0.717, 1.165) is 30.3 Å². The molecule has 5 heteroatoms. The maximum Gasteiger partial charge on any atom is 0.267 e. The maximum absolute atomic E-state index is 11.9. The number of aryl methyl sites for hydroxylation is 1. The molecule has 2 N–H and O–H groups in total. The minimum atomic E-state index is -0.0402. The summed E-state index contributed by atoms with van der Waals surface area (Å²) in [5.41, 5.74) is 0.682. The van der Waals surface area contributed by atoms with Crippen LogP contribution in [0.5, 0.6) is 0 Å². The first-order valence-corrected chi connectivity index (χ1v) is 6.73. The van der Waals surface area contributed by atoms with E-state index in [1.54, 1.807) is 0 Å². The molecule has 1 aromatic heterocycles. The Morgan fingerprint density at radius 2 is 2.24 bits per heavy atom. The summed E-state index contributed by atoms with van der Waals surface area (Å²) in [6.45, 7) is 3.66. The first-order valence-electron chi connectivity index (χ1n) is 5.93. The fraction of sp³-hybridized carbons (Fsp3) is 0.583. The van der Waals surface area contributed by atoms with Gasteiger partial charge < -0.3 is 15.0 Å². The van der Waals surface area contributed by atoms with Crippen molar-refractivity contribution in [1.82, 2.24) is 9.88 Å². The molecule has 17 heavy (non-hydrogen) atoms. The van der Waals surface area contributed by atoms with Crippen LogP contribution in [-0.2, 0) is 6.54 Å². The molecule has 0 aliphatic carbocycles. The zero-order valence-electron chi connectivity index (χ0n) is 10.1. The number of nitrogens with zero attached hydrogens (tertiary/aromatic N) is 1. The topological polar surface area (TPSA) is 54.3 Å². The van der Waals surface area contributed by atoms with E-state index in [-0.39, 0.29) is 12.5 Å². The predicted molar refractivity (Wildman–Crippen MR) is 71.1 cm³/mol. The van der Waals surface area contributed by atoms with E-state index < -0.39 is 0 Å². The molecule has 0 fully saturated rings. The maximum atomic E-state index is 11.9. The van der Waals surface area contributed by atoms with Gasteiger partial charge in [0.25, 0.3) is 5.91 Å². The SMILES string of the molecule is CCn1cc(Br)cc1C(=O)NCCCCCO. The number of halogens is 1. The van der Waals surface area contributed by atoms with Crippen molar-refractivity contribution in [2.24, 2.45) is 0 Å². The average Bonchev–Trinajstić information content (AvgIpc) is 2.70. The number of aromatic nitrogens is 1. The second-order valence-electron chi connectivity index (χ2n) is 3.87. The summed E-state index contributed by atoms with van der Waals surface area (Å²) in [5.74, 6) is -0.0402. The molecule has 96 valence electrons. The van der Waals surface area contributed by atoms with E-state index in [2.05, 4.69) is 21.2 Å². The fourth-order valence-corrected chi connectivity index (χ4v) is 2.10. The smallest absolute Gasteiger partial charge is 0.267 e. The van der Waals surface area contributed by atoms with Gasteiger partial charge >= 0.3 is 0 Å². The summed E-state index contributed by atoms with van der Waals surface area (Å²) < 4.78 is 2.83. The van der Waals surface area contributed by atoms with Gasteiger partial charge in [-0.25, -0.2) is 0 Å². The van der Waals surface area contributed by atoms with Gasteiger partial charge in [0.1, 0.15) is 5.69 Å².